The molecule has 2 amide bonds. The van der Waals surface area contributed by atoms with Gasteiger partial charge in [-0.05, 0) is 24.3 Å². The standard InChI is InChI=1S/C18H20N2O3S/c21-17-11-14(12-20(17)13-15-5-4-9-23-15)18(22)19-8-10-24-16-6-2-1-3-7-16/h1-7,9,14H,8,10-13H2,(H,19,22). The Morgan fingerprint density at radius 2 is 2.08 bits per heavy atom. The zero-order valence-corrected chi connectivity index (χ0v) is 14.1. The van der Waals surface area contributed by atoms with Gasteiger partial charge < -0.3 is 14.6 Å². The van der Waals surface area contributed by atoms with Crippen LogP contribution in [0, 0.1) is 5.92 Å². The Balaban J connectivity index is 1.40. The second-order valence-corrected chi connectivity index (χ2v) is 6.88. The molecule has 0 saturated carbocycles. The third kappa shape index (κ3) is 4.41. The van der Waals surface area contributed by atoms with Gasteiger partial charge in [-0.2, -0.15) is 0 Å². The second-order valence-electron chi connectivity index (χ2n) is 5.71. The summed E-state index contributed by atoms with van der Waals surface area (Å²) in [5, 5.41) is 2.93. The summed E-state index contributed by atoms with van der Waals surface area (Å²) < 4.78 is 5.26. The maximum atomic E-state index is 12.2. The van der Waals surface area contributed by atoms with Crippen LogP contribution in [0.1, 0.15) is 12.2 Å². The normalized spacial score (nSPS) is 17.2. The van der Waals surface area contributed by atoms with E-state index >= 15 is 0 Å². The van der Waals surface area contributed by atoms with Gasteiger partial charge in [-0.1, -0.05) is 18.2 Å². The van der Waals surface area contributed by atoms with Gasteiger partial charge in [0.05, 0.1) is 18.7 Å². The van der Waals surface area contributed by atoms with Crippen LogP contribution in [0.25, 0.3) is 0 Å². The average molecular weight is 344 g/mol. The van der Waals surface area contributed by atoms with Crippen molar-refractivity contribution in [2.75, 3.05) is 18.8 Å². The van der Waals surface area contributed by atoms with Crippen LogP contribution in [0.2, 0.25) is 0 Å². The monoisotopic (exact) mass is 344 g/mol. The van der Waals surface area contributed by atoms with E-state index in [0.29, 0.717) is 19.6 Å². The van der Waals surface area contributed by atoms with Crippen molar-refractivity contribution in [3.8, 4) is 0 Å². The lowest BCUT2D eigenvalue weighted by Crippen LogP contribution is -2.34. The maximum absolute atomic E-state index is 12.2. The molecule has 6 heteroatoms. The number of benzene rings is 1. The summed E-state index contributed by atoms with van der Waals surface area (Å²) in [5.41, 5.74) is 0. The molecule has 2 aromatic rings. The fourth-order valence-corrected chi connectivity index (χ4v) is 3.48. The van der Waals surface area contributed by atoms with E-state index in [1.807, 2.05) is 24.3 Å². The molecule has 0 aliphatic carbocycles. The molecule has 1 aliphatic rings. The first-order valence-corrected chi connectivity index (χ1v) is 8.96. The highest BCUT2D eigenvalue weighted by molar-refractivity contribution is 7.99. The molecule has 1 fully saturated rings. The molecule has 2 heterocycles. The molecule has 1 aromatic heterocycles. The Morgan fingerprint density at radius 3 is 2.83 bits per heavy atom. The van der Waals surface area contributed by atoms with Crippen molar-refractivity contribution in [1.82, 2.24) is 10.2 Å². The average Bonchev–Trinajstić information content (AvgIpc) is 3.23. The zero-order chi connectivity index (χ0) is 16.8. The summed E-state index contributed by atoms with van der Waals surface area (Å²) in [7, 11) is 0. The lowest BCUT2D eigenvalue weighted by molar-refractivity contribution is -0.129. The lowest BCUT2D eigenvalue weighted by atomic mass is 10.1. The molecule has 1 aromatic carbocycles. The van der Waals surface area contributed by atoms with E-state index in [4.69, 9.17) is 4.42 Å². The highest BCUT2D eigenvalue weighted by Gasteiger charge is 2.34. The minimum Gasteiger partial charge on any atom is -0.467 e. The number of likely N-dealkylation sites (tertiary alicyclic amines) is 1. The molecule has 1 aliphatic heterocycles. The first-order chi connectivity index (χ1) is 11.7. The summed E-state index contributed by atoms with van der Waals surface area (Å²) in [6.45, 7) is 1.48. The van der Waals surface area contributed by atoms with Gasteiger partial charge in [0.25, 0.3) is 0 Å². The zero-order valence-electron chi connectivity index (χ0n) is 13.3. The predicted octanol–water partition coefficient (Wildman–Crippen LogP) is 2.54. The molecule has 5 nitrogen and oxygen atoms in total. The SMILES string of the molecule is O=C(NCCSc1ccccc1)C1CC(=O)N(Cc2ccco2)C1. The van der Waals surface area contributed by atoms with Gasteiger partial charge in [0.1, 0.15) is 5.76 Å². The summed E-state index contributed by atoms with van der Waals surface area (Å²) >= 11 is 1.70. The van der Waals surface area contributed by atoms with Crippen molar-refractivity contribution >= 4 is 23.6 Å². The number of nitrogens with zero attached hydrogens (tertiary/aromatic N) is 1. The molecule has 24 heavy (non-hydrogen) atoms. The van der Waals surface area contributed by atoms with Gasteiger partial charge in [-0.25, -0.2) is 0 Å². The highest BCUT2D eigenvalue weighted by Crippen LogP contribution is 2.21. The van der Waals surface area contributed by atoms with Crippen LogP contribution in [-0.2, 0) is 16.1 Å². The van der Waals surface area contributed by atoms with Gasteiger partial charge >= 0.3 is 0 Å². The summed E-state index contributed by atoms with van der Waals surface area (Å²) in [6.07, 6.45) is 1.86. The van der Waals surface area contributed by atoms with Crippen LogP contribution in [-0.4, -0.2) is 35.6 Å². The quantitative estimate of drug-likeness (QED) is 0.619. The number of thioether (sulfide) groups is 1. The Morgan fingerprint density at radius 1 is 1.25 bits per heavy atom. The van der Waals surface area contributed by atoms with E-state index in [0.717, 1.165) is 11.5 Å². The van der Waals surface area contributed by atoms with E-state index in [2.05, 4.69) is 17.4 Å². The van der Waals surface area contributed by atoms with E-state index in [1.165, 1.54) is 4.90 Å². The largest absolute Gasteiger partial charge is 0.467 e. The van der Waals surface area contributed by atoms with Crippen molar-refractivity contribution in [3.63, 3.8) is 0 Å². The fourth-order valence-electron chi connectivity index (χ4n) is 2.70. The van der Waals surface area contributed by atoms with Gasteiger partial charge in [0, 0.05) is 30.2 Å². The van der Waals surface area contributed by atoms with Crippen molar-refractivity contribution in [3.05, 3.63) is 54.5 Å². The third-order valence-electron chi connectivity index (χ3n) is 3.93. The van der Waals surface area contributed by atoms with E-state index in [9.17, 15) is 9.59 Å². The molecule has 0 radical (unpaired) electrons. The van der Waals surface area contributed by atoms with Gasteiger partial charge in [-0.15, -0.1) is 11.8 Å². The van der Waals surface area contributed by atoms with Gasteiger partial charge in [0.15, 0.2) is 0 Å². The summed E-state index contributed by atoms with van der Waals surface area (Å²) in [5.74, 6) is 1.24. The number of hydrogen-bond acceptors (Lipinski definition) is 4. The smallest absolute Gasteiger partial charge is 0.225 e. The molecule has 0 bridgehead atoms. The summed E-state index contributed by atoms with van der Waals surface area (Å²) in [4.78, 5) is 27.1. The molecule has 3 rings (SSSR count). The second kappa shape index (κ2) is 8.06. The molecule has 1 atom stereocenters. The Bertz CT molecular complexity index is 673. The fraction of sp³-hybridized carbons (Fsp3) is 0.333. The lowest BCUT2D eigenvalue weighted by Gasteiger charge is -2.15. The van der Waals surface area contributed by atoms with Crippen molar-refractivity contribution < 1.29 is 14.0 Å². The molecule has 126 valence electrons. The van der Waals surface area contributed by atoms with Crippen LogP contribution < -0.4 is 5.32 Å². The highest BCUT2D eigenvalue weighted by atomic mass is 32.2. The minimum absolute atomic E-state index is 0.00482. The number of rotatable bonds is 7. The number of carbonyl (C=O) groups is 2. The van der Waals surface area contributed by atoms with E-state index in [-0.39, 0.29) is 24.2 Å². The van der Waals surface area contributed by atoms with Crippen molar-refractivity contribution in [1.29, 1.82) is 0 Å². The molecule has 1 unspecified atom stereocenters. The summed E-state index contributed by atoms with van der Waals surface area (Å²) in [6, 6.07) is 13.7. The molecule has 0 spiro atoms. The first kappa shape index (κ1) is 16.6. The van der Waals surface area contributed by atoms with Gasteiger partial charge in [0.2, 0.25) is 11.8 Å². The van der Waals surface area contributed by atoms with Crippen LogP contribution in [0.5, 0.6) is 0 Å². The molecule has 1 N–H and O–H groups in total. The predicted molar refractivity (Wildman–Crippen MR) is 92.4 cm³/mol. The van der Waals surface area contributed by atoms with E-state index in [1.54, 1.807) is 29.0 Å². The molecule has 1 saturated heterocycles. The maximum Gasteiger partial charge on any atom is 0.225 e. The first-order valence-electron chi connectivity index (χ1n) is 7.98. The Labute approximate surface area is 145 Å². The van der Waals surface area contributed by atoms with Crippen LogP contribution in [0.15, 0.2) is 58.0 Å². The van der Waals surface area contributed by atoms with Crippen molar-refractivity contribution in [2.24, 2.45) is 5.92 Å². The minimum atomic E-state index is -0.269. The topological polar surface area (TPSA) is 62.6 Å². The molecular weight excluding hydrogens is 324 g/mol. The number of amides is 2. The number of furan rings is 1. The third-order valence-corrected chi connectivity index (χ3v) is 4.94. The molecular formula is C18H20N2O3S. The van der Waals surface area contributed by atoms with Crippen LogP contribution >= 0.6 is 11.8 Å². The number of hydrogen-bond donors (Lipinski definition) is 1. The van der Waals surface area contributed by atoms with Crippen LogP contribution in [0.3, 0.4) is 0 Å². The van der Waals surface area contributed by atoms with E-state index < -0.39 is 0 Å². The van der Waals surface area contributed by atoms with Gasteiger partial charge in [-0.3, -0.25) is 9.59 Å². The van der Waals surface area contributed by atoms with Crippen LogP contribution in [0.4, 0.5) is 0 Å². The Kier molecular flexibility index (Phi) is 5.59. The van der Waals surface area contributed by atoms with Crippen molar-refractivity contribution in [2.45, 2.75) is 17.9 Å². The Hall–Kier alpha value is -2.21. The number of carbonyl (C=O) groups excluding carboxylic acids is 2. The number of nitrogens with one attached hydrogen (secondary N) is 1.